The maximum absolute atomic E-state index is 13.7. The minimum Gasteiger partial charge on any atom is -0.357 e. The monoisotopic (exact) mass is 567 g/mol. The summed E-state index contributed by atoms with van der Waals surface area (Å²) in [4.78, 5) is 27.4. The van der Waals surface area contributed by atoms with Crippen LogP contribution in [0.4, 0.5) is 5.69 Å². The molecule has 36 heavy (non-hydrogen) atoms. The van der Waals surface area contributed by atoms with E-state index in [4.69, 9.17) is 34.8 Å². The van der Waals surface area contributed by atoms with E-state index < -0.39 is 34.4 Å². The van der Waals surface area contributed by atoms with Gasteiger partial charge in [0.1, 0.15) is 12.6 Å². The Morgan fingerprint density at radius 3 is 2.22 bits per heavy atom. The highest BCUT2D eigenvalue weighted by molar-refractivity contribution is 7.92. The molecule has 11 heteroatoms. The highest BCUT2D eigenvalue weighted by Crippen LogP contribution is 2.33. The second-order valence-electron chi connectivity index (χ2n) is 7.86. The van der Waals surface area contributed by atoms with Gasteiger partial charge < -0.3 is 10.2 Å². The predicted octanol–water partition coefficient (Wildman–Crippen LogP) is 5.01. The lowest BCUT2D eigenvalue weighted by Crippen LogP contribution is -2.50. The third-order valence-electron chi connectivity index (χ3n) is 5.44. The number of sulfonamides is 1. The Balaban J connectivity index is 2.07. The van der Waals surface area contributed by atoms with Crippen molar-refractivity contribution in [3.8, 4) is 0 Å². The van der Waals surface area contributed by atoms with Gasteiger partial charge in [-0.2, -0.15) is 0 Å². The summed E-state index contributed by atoms with van der Waals surface area (Å²) in [6, 6.07) is 18.0. The second-order valence-corrected chi connectivity index (χ2v) is 11.0. The molecule has 0 heterocycles. The van der Waals surface area contributed by atoms with E-state index in [0.717, 1.165) is 4.31 Å². The first-order valence-electron chi connectivity index (χ1n) is 10.8. The van der Waals surface area contributed by atoms with Crippen molar-refractivity contribution in [1.82, 2.24) is 10.2 Å². The lowest BCUT2D eigenvalue weighted by atomic mass is 10.1. The number of halogens is 3. The summed E-state index contributed by atoms with van der Waals surface area (Å²) in [5.41, 5.74) is 0.710. The Morgan fingerprint density at radius 1 is 0.917 bits per heavy atom. The van der Waals surface area contributed by atoms with Crippen molar-refractivity contribution in [3.63, 3.8) is 0 Å². The first-order valence-corrected chi connectivity index (χ1v) is 13.4. The SMILES string of the molecule is CNC(=O)[C@H](C)N(Cc1cccc(Cl)c1)C(=O)CN(c1cc(Cl)ccc1Cl)S(=O)(=O)c1ccccc1. The van der Waals surface area contributed by atoms with Gasteiger partial charge in [-0.05, 0) is 55.0 Å². The largest absolute Gasteiger partial charge is 0.357 e. The van der Waals surface area contributed by atoms with Gasteiger partial charge in [-0.25, -0.2) is 8.42 Å². The van der Waals surface area contributed by atoms with E-state index in [-0.39, 0.29) is 27.2 Å². The highest BCUT2D eigenvalue weighted by Gasteiger charge is 2.33. The number of nitrogens with zero attached hydrogens (tertiary/aromatic N) is 2. The molecule has 1 N–H and O–H groups in total. The summed E-state index contributed by atoms with van der Waals surface area (Å²) in [7, 11) is -2.77. The van der Waals surface area contributed by atoms with Crippen molar-refractivity contribution in [2.75, 3.05) is 17.9 Å². The van der Waals surface area contributed by atoms with Crippen LogP contribution in [0, 0.1) is 0 Å². The van der Waals surface area contributed by atoms with Crippen molar-refractivity contribution in [3.05, 3.63) is 93.4 Å². The van der Waals surface area contributed by atoms with Gasteiger partial charge in [-0.15, -0.1) is 0 Å². The molecular formula is C25H24Cl3N3O4S. The molecule has 7 nitrogen and oxygen atoms in total. The number of hydrogen-bond acceptors (Lipinski definition) is 4. The number of amides is 2. The van der Waals surface area contributed by atoms with Gasteiger partial charge in [0.05, 0.1) is 15.6 Å². The molecule has 0 unspecified atom stereocenters. The lowest BCUT2D eigenvalue weighted by molar-refractivity contribution is -0.139. The molecule has 0 saturated heterocycles. The van der Waals surface area contributed by atoms with E-state index in [1.54, 1.807) is 49.4 Å². The molecule has 0 saturated carbocycles. The first kappa shape index (κ1) is 27.8. The molecule has 0 aliphatic rings. The molecule has 0 aliphatic heterocycles. The van der Waals surface area contributed by atoms with Gasteiger partial charge in [0.15, 0.2) is 0 Å². The molecule has 0 spiro atoms. The molecule has 0 bridgehead atoms. The highest BCUT2D eigenvalue weighted by atomic mass is 35.5. The zero-order valence-electron chi connectivity index (χ0n) is 19.5. The van der Waals surface area contributed by atoms with Crippen molar-refractivity contribution < 1.29 is 18.0 Å². The first-order chi connectivity index (χ1) is 17.0. The van der Waals surface area contributed by atoms with Crippen LogP contribution in [0.2, 0.25) is 15.1 Å². The molecule has 0 aliphatic carbocycles. The zero-order valence-corrected chi connectivity index (χ0v) is 22.6. The number of nitrogens with one attached hydrogen (secondary N) is 1. The predicted molar refractivity (Wildman–Crippen MR) is 143 cm³/mol. The summed E-state index contributed by atoms with van der Waals surface area (Å²) < 4.78 is 28.3. The number of anilines is 1. The topological polar surface area (TPSA) is 86.8 Å². The summed E-state index contributed by atoms with van der Waals surface area (Å²) in [6.07, 6.45) is 0. The third kappa shape index (κ3) is 6.50. The van der Waals surface area contributed by atoms with Crippen LogP contribution < -0.4 is 9.62 Å². The van der Waals surface area contributed by atoms with Gasteiger partial charge in [-0.1, -0.05) is 65.1 Å². The van der Waals surface area contributed by atoms with E-state index in [9.17, 15) is 18.0 Å². The molecule has 1 atom stereocenters. The van der Waals surface area contributed by atoms with Crippen molar-refractivity contribution in [1.29, 1.82) is 0 Å². The van der Waals surface area contributed by atoms with Crippen molar-refractivity contribution in [2.24, 2.45) is 0 Å². The molecule has 190 valence electrons. The Hall–Kier alpha value is -2.78. The Bertz CT molecular complexity index is 1350. The van der Waals surface area contributed by atoms with Crippen LogP contribution in [0.15, 0.2) is 77.7 Å². The Kier molecular flexibility index (Phi) is 9.24. The number of carbonyl (C=O) groups is 2. The number of likely N-dealkylation sites (N-methyl/N-ethyl adjacent to an activating group) is 1. The van der Waals surface area contributed by atoms with Crippen LogP contribution in [0.25, 0.3) is 0 Å². The maximum atomic E-state index is 13.7. The summed E-state index contributed by atoms with van der Waals surface area (Å²) in [5, 5.41) is 3.32. The van der Waals surface area contributed by atoms with Gasteiger partial charge in [0.25, 0.3) is 10.0 Å². The van der Waals surface area contributed by atoms with Crippen LogP contribution in [0.3, 0.4) is 0 Å². The molecule has 3 rings (SSSR count). The summed E-state index contributed by atoms with van der Waals surface area (Å²) >= 11 is 18.6. The van der Waals surface area contributed by atoms with Gasteiger partial charge in [0, 0.05) is 23.6 Å². The molecule has 2 amide bonds. The molecule has 3 aromatic carbocycles. The smallest absolute Gasteiger partial charge is 0.264 e. The van der Waals surface area contributed by atoms with Crippen LogP contribution in [0.5, 0.6) is 0 Å². The fourth-order valence-corrected chi connectivity index (χ4v) is 5.63. The summed E-state index contributed by atoms with van der Waals surface area (Å²) in [6.45, 7) is 0.958. The van der Waals surface area contributed by atoms with E-state index in [0.29, 0.717) is 10.6 Å². The molecule has 0 radical (unpaired) electrons. The van der Waals surface area contributed by atoms with Crippen LogP contribution in [-0.2, 0) is 26.2 Å². The maximum Gasteiger partial charge on any atom is 0.264 e. The fourth-order valence-electron chi connectivity index (χ4n) is 3.53. The summed E-state index contributed by atoms with van der Waals surface area (Å²) in [5.74, 6) is -1.04. The zero-order chi connectivity index (χ0) is 26.5. The molecule has 0 fully saturated rings. The van der Waals surface area contributed by atoms with Gasteiger partial charge >= 0.3 is 0 Å². The minimum atomic E-state index is -4.23. The molecule has 0 aromatic heterocycles. The minimum absolute atomic E-state index is 0.0243. The second kappa shape index (κ2) is 12.0. The molecular weight excluding hydrogens is 545 g/mol. The number of benzene rings is 3. The molecule has 3 aromatic rings. The quantitative estimate of drug-likeness (QED) is 0.393. The average molecular weight is 569 g/mol. The lowest BCUT2D eigenvalue weighted by Gasteiger charge is -2.32. The number of hydrogen-bond donors (Lipinski definition) is 1. The fraction of sp³-hybridized carbons (Fsp3) is 0.200. The van der Waals surface area contributed by atoms with Crippen LogP contribution >= 0.6 is 34.8 Å². The Labute approximate surface area is 225 Å². The van der Waals surface area contributed by atoms with Crippen molar-refractivity contribution >= 4 is 62.3 Å². The van der Waals surface area contributed by atoms with Crippen LogP contribution in [0.1, 0.15) is 12.5 Å². The third-order valence-corrected chi connectivity index (χ3v) is 8.01. The Morgan fingerprint density at radius 2 is 1.58 bits per heavy atom. The number of carbonyl (C=O) groups excluding carboxylic acids is 2. The van der Waals surface area contributed by atoms with Crippen LogP contribution in [-0.4, -0.2) is 44.8 Å². The van der Waals surface area contributed by atoms with Crippen molar-refractivity contribution in [2.45, 2.75) is 24.4 Å². The van der Waals surface area contributed by atoms with E-state index in [1.807, 2.05) is 0 Å². The van der Waals surface area contributed by atoms with E-state index in [1.165, 1.54) is 42.3 Å². The average Bonchev–Trinajstić information content (AvgIpc) is 2.86. The van der Waals surface area contributed by atoms with Gasteiger partial charge in [-0.3, -0.25) is 13.9 Å². The normalized spacial score (nSPS) is 12.0. The standard InChI is InChI=1S/C25H24Cl3N3O4S/c1-17(25(33)29-2)30(15-18-7-6-8-19(26)13-18)24(32)16-31(23-14-20(27)11-12-22(23)28)36(34,35)21-9-4-3-5-10-21/h3-14,17H,15-16H2,1-2H3,(H,29,33)/t17-/m0/s1. The van der Waals surface area contributed by atoms with Gasteiger partial charge in [0.2, 0.25) is 11.8 Å². The van der Waals surface area contributed by atoms with E-state index in [2.05, 4.69) is 5.32 Å². The number of rotatable bonds is 9. The van der Waals surface area contributed by atoms with E-state index >= 15 is 0 Å².